The largest absolute Gasteiger partial charge is 0.325 e. The van der Waals surface area contributed by atoms with Crippen LogP contribution in [0, 0.1) is 11.7 Å². The highest BCUT2D eigenvalue weighted by molar-refractivity contribution is 7.99. The number of carbonyl (C=O) groups is 2. The van der Waals surface area contributed by atoms with Gasteiger partial charge < -0.3 is 10.6 Å². The Balaban J connectivity index is 1.29. The third kappa shape index (κ3) is 6.64. The van der Waals surface area contributed by atoms with Crippen molar-refractivity contribution in [1.29, 1.82) is 0 Å². The molecule has 0 aliphatic heterocycles. The second kappa shape index (κ2) is 11.1. The number of aromatic amines is 1. The summed E-state index contributed by atoms with van der Waals surface area (Å²) in [5.41, 5.74) is 1.17. The van der Waals surface area contributed by atoms with Crippen LogP contribution in [0.15, 0.2) is 53.7 Å². The number of nitrogens with one attached hydrogen (secondary N) is 3. The summed E-state index contributed by atoms with van der Waals surface area (Å²) in [6.45, 7) is 0. The zero-order valence-electron chi connectivity index (χ0n) is 18.1. The lowest BCUT2D eigenvalue weighted by atomic mass is 10.0. The molecule has 2 aromatic carbocycles. The summed E-state index contributed by atoms with van der Waals surface area (Å²) < 4.78 is 13.1. The van der Waals surface area contributed by atoms with Gasteiger partial charge in [0.2, 0.25) is 11.1 Å². The first-order chi connectivity index (χ1) is 16.1. The number of hydrogen-bond donors (Lipinski definition) is 3. The number of rotatable bonds is 9. The lowest BCUT2D eigenvalue weighted by Gasteiger charge is -2.11. The minimum absolute atomic E-state index is 0.119. The van der Waals surface area contributed by atoms with Crippen molar-refractivity contribution in [1.82, 2.24) is 15.2 Å². The normalized spacial score (nSPS) is 13.7. The molecule has 1 heterocycles. The molecule has 0 atom stereocenters. The minimum Gasteiger partial charge on any atom is -0.325 e. The molecule has 9 heteroatoms. The van der Waals surface area contributed by atoms with Gasteiger partial charge in [-0.05, 0) is 48.7 Å². The molecule has 1 aliphatic rings. The van der Waals surface area contributed by atoms with Crippen molar-refractivity contribution in [2.75, 3.05) is 16.4 Å². The van der Waals surface area contributed by atoms with Crippen molar-refractivity contribution < 1.29 is 14.0 Å². The van der Waals surface area contributed by atoms with Crippen molar-refractivity contribution in [2.45, 2.75) is 43.7 Å². The third-order valence-corrected chi connectivity index (χ3v) is 6.50. The number of thioether (sulfide) groups is 1. The molecule has 1 saturated carbocycles. The van der Waals surface area contributed by atoms with Crippen LogP contribution in [0.4, 0.5) is 15.8 Å². The summed E-state index contributed by atoms with van der Waals surface area (Å²) in [7, 11) is 0. The second-order valence-corrected chi connectivity index (χ2v) is 9.04. The Hall–Kier alpha value is -3.20. The summed E-state index contributed by atoms with van der Waals surface area (Å²) in [6, 6.07) is 12.2. The van der Waals surface area contributed by atoms with Gasteiger partial charge >= 0.3 is 0 Å². The van der Waals surface area contributed by atoms with Gasteiger partial charge in [0.1, 0.15) is 11.6 Å². The number of hydrogen-bond acceptors (Lipinski definition) is 5. The maximum atomic E-state index is 13.1. The predicted molar refractivity (Wildman–Crippen MR) is 127 cm³/mol. The highest BCUT2D eigenvalue weighted by atomic mass is 32.2. The highest BCUT2D eigenvalue weighted by Crippen LogP contribution is 2.28. The van der Waals surface area contributed by atoms with Crippen molar-refractivity contribution in [3.63, 3.8) is 0 Å². The van der Waals surface area contributed by atoms with Gasteiger partial charge in [-0.3, -0.25) is 14.7 Å². The number of amides is 2. The van der Waals surface area contributed by atoms with Crippen molar-refractivity contribution in [3.05, 3.63) is 65.7 Å². The smallest absolute Gasteiger partial charge is 0.257 e. The lowest BCUT2D eigenvalue weighted by molar-refractivity contribution is -0.113. The number of halogens is 1. The monoisotopic (exact) mass is 467 g/mol. The number of benzene rings is 2. The van der Waals surface area contributed by atoms with E-state index in [0.29, 0.717) is 22.1 Å². The van der Waals surface area contributed by atoms with E-state index in [0.717, 1.165) is 24.6 Å². The summed E-state index contributed by atoms with van der Waals surface area (Å²) in [4.78, 5) is 29.6. The summed E-state index contributed by atoms with van der Waals surface area (Å²) >= 11 is 1.24. The molecule has 0 bridgehead atoms. The van der Waals surface area contributed by atoms with E-state index >= 15 is 0 Å². The van der Waals surface area contributed by atoms with Crippen LogP contribution >= 0.6 is 11.8 Å². The number of aromatic nitrogens is 3. The Morgan fingerprint density at radius 3 is 2.61 bits per heavy atom. The molecule has 3 N–H and O–H groups in total. The van der Waals surface area contributed by atoms with E-state index < -0.39 is 5.91 Å². The molecule has 0 saturated heterocycles. The molecule has 0 unspecified atom stereocenters. The maximum absolute atomic E-state index is 13.1. The van der Waals surface area contributed by atoms with Crippen LogP contribution in [0.1, 0.15) is 48.3 Å². The van der Waals surface area contributed by atoms with Crippen LogP contribution < -0.4 is 10.6 Å². The van der Waals surface area contributed by atoms with Gasteiger partial charge in [-0.15, -0.1) is 5.10 Å². The lowest BCUT2D eigenvalue weighted by Crippen LogP contribution is -2.19. The zero-order chi connectivity index (χ0) is 23.0. The Morgan fingerprint density at radius 2 is 1.82 bits per heavy atom. The number of H-pyrrole nitrogens is 1. The molecule has 33 heavy (non-hydrogen) atoms. The van der Waals surface area contributed by atoms with E-state index in [1.165, 1.54) is 61.7 Å². The molecule has 3 aromatic rings. The Labute approximate surface area is 196 Å². The topological polar surface area (TPSA) is 99.8 Å². The van der Waals surface area contributed by atoms with Gasteiger partial charge in [-0.1, -0.05) is 49.6 Å². The Morgan fingerprint density at radius 1 is 1.06 bits per heavy atom. The van der Waals surface area contributed by atoms with Crippen LogP contribution in [0.25, 0.3) is 0 Å². The van der Waals surface area contributed by atoms with E-state index in [9.17, 15) is 14.0 Å². The molecule has 172 valence electrons. The zero-order valence-corrected chi connectivity index (χ0v) is 19.0. The minimum atomic E-state index is -0.397. The summed E-state index contributed by atoms with van der Waals surface area (Å²) in [5, 5.41) is 13.2. The van der Waals surface area contributed by atoms with Crippen molar-refractivity contribution in [2.24, 2.45) is 5.92 Å². The van der Waals surface area contributed by atoms with E-state index in [-0.39, 0.29) is 17.5 Å². The fraction of sp³-hybridized carbons (Fsp3) is 0.333. The first-order valence-corrected chi connectivity index (χ1v) is 12.1. The fourth-order valence-corrected chi connectivity index (χ4v) is 4.55. The molecule has 2 amide bonds. The second-order valence-electron chi connectivity index (χ2n) is 8.10. The predicted octanol–water partition coefficient (Wildman–Crippen LogP) is 5.05. The van der Waals surface area contributed by atoms with Crippen LogP contribution in [0.2, 0.25) is 0 Å². The molecule has 4 rings (SSSR count). The third-order valence-electron chi connectivity index (χ3n) is 5.66. The average Bonchev–Trinajstić information content (AvgIpc) is 3.50. The maximum Gasteiger partial charge on any atom is 0.257 e. The first-order valence-electron chi connectivity index (χ1n) is 11.1. The van der Waals surface area contributed by atoms with Gasteiger partial charge in [0.25, 0.3) is 5.91 Å². The number of anilines is 2. The molecule has 0 spiro atoms. The average molecular weight is 468 g/mol. The standard InChI is InChI=1S/C24H26FN5O2S/c25-17-10-12-18(13-11-17)26-23(32)19-7-3-4-8-20(19)27-22(31)15-33-24-28-21(29-30-24)14-9-16-5-1-2-6-16/h3-4,7-8,10-13,16H,1-2,5-6,9,14-15H2,(H,26,32)(H,27,31)(H,28,29,30). The molecular weight excluding hydrogens is 441 g/mol. The molecular formula is C24H26FN5O2S. The summed E-state index contributed by atoms with van der Waals surface area (Å²) in [6.07, 6.45) is 7.26. The van der Waals surface area contributed by atoms with E-state index in [1.807, 2.05) is 0 Å². The van der Waals surface area contributed by atoms with Crippen molar-refractivity contribution >= 4 is 35.0 Å². The SMILES string of the molecule is O=C(CSc1n[nH]c(CCC2CCCC2)n1)Nc1ccccc1C(=O)Nc1ccc(F)cc1. The molecule has 7 nitrogen and oxygen atoms in total. The van der Waals surface area contributed by atoms with E-state index in [1.54, 1.807) is 24.3 Å². The molecule has 1 aromatic heterocycles. The molecule has 1 aliphatic carbocycles. The van der Waals surface area contributed by atoms with Crippen LogP contribution in [-0.2, 0) is 11.2 Å². The van der Waals surface area contributed by atoms with Crippen LogP contribution in [0.5, 0.6) is 0 Å². The molecule has 0 radical (unpaired) electrons. The quantitative estimate of drug-likeness (QED) is 0.383. The van der Waals surface area contributed by atoms with Gasteiger partial charge in [0.05, 0.1) is 17.0 Å². The Kier molecular flexibility index (Phi) is 7.72. The van der Waals surface area contributed by atoms with Gasteiger partial charge in [-0.2, -0.15) is 0 Å². The van der Waals surface area contributed by atoms with E-state index in [2.05, 4.69) is 25.8 Å². The molecule has 1 fully saturated rings. The van der Waals surface area contributed by atoms with Gasteiger partial charge in [0, 0.05) is 12.1 Å². The number of para-hydroxylation sites is 1. The number of carbonyl (C=O) groups excluding carboxylic acids is 2. The van der Waals surface area contributed by atoms with E-state index in [4.69, 9.17) is 0 Å². The number of aryl methyl sites for hydroxylation is 1. The highest BCUT2D eigenvalue weighted by Gasteiger charge is 2.17. The van der Waals surface area contributed by atoms with Gasteiger partial charge in [-0.25, -0.2) is 9.37 Å². The van der Waals surface area contributed by atoms with Crippen LogP contribution in [-0.4, -0.2) is 32.7 Å². The summed E-state index contributed by atoms with van der Waals surface area (Å²) in [5.74, 6) is 0.717. The fourth-order valence-electron chi connectivity index (χ4n) is 3.93. The van der Waals surface area contributed by atoms with Crippen LogP contribution in [0.3, 0.4) is 0 Å². The number of nitrogens with zero attached hydrogens (tertiary/aromatic N) is 2. The first kappa shape index (κ1) is 23.0. The van der Waals surface area contributed by atoms with Crippen molar-refractivity contribution in [3.8, 4) is 0 Å². The van der Waals surface area contributed by atoms with Gasteiger partial charge in [0.15, 0.2) is 0 Å². The Bertz CT molecular complexity index is 1100.